The molecule has 0 spiro atoms. The first-order valence-electron chi connectivity index (χ1n) is 12.3. The third-order valence-corrected chi connectivity index (χ3v) is 6.93. The Morgan fingerprint density at radius 1 is 1.09 bits per heavy atom. The molecule has 0 radical (unpaired) electrons. The second-order valence-corrected chi connectivity index (χ2v) is 10.2. The van der Waals surface area contributed by atoms with Crippen molar-refractivity contribution in [2.75, 3.05) is 6.61 Å². The molecule has 4 N–H and O–H groups in total. The van der Waals surface area contributed by atoms with Crippen LogP contribution in [0.15, 0.2) is 41.7 Å². The maximum Gasteiger partial charge on any atom is 0.146 e. The summed E-state index contributed by atoms with van der Waals surface area (Å²) in [5.41, 5.74) is 2.08. The molecular weight excluding hydrogens is 430 g/mol. The number of allylic oxidation sites excluding steroid dienone is 1. The Morgan fingerprint density at radius 3 is 2.29 bits per heavy atom. The molecule has 1 aromatic rings. The van der Waals surface area contributed by atoms with E-state index >= 15 is 0 Å². The standard InChI is InChI=1S/C28H45NO5/c1-19(10-11-24(31)21(3)18-23-12-15-29-16-13-23)8-7-9-20(2)26(33)22(4)27(34)28(5,6)25(32)14-17-30/h10,12-13,15-16,18,20,22,24-26,30-33H,7-9,11,14,17H2,1-6H3/t20-,22+,24-,25-,26-/m0/s1. The molecule has 0 saturated carbocycles. The number of ketones is 1. The molecule has 0 amide bonds. The molecular formula is C28H45NO5. The highest BCUT2D eigenvalue weighted by molar-refractivity contribution is 5.87. The summed E-state index contributed by atoms with van der Waals surface area (Å²) in [6, 6.07) is 3.80. The van der Waals surface area contributed by atoms with Crippen LogP contribution in [0.2, 0.25) is 0 Å². The summed E-state index contributed by atoms with van der Waals surface area (Å²) < 4.78 is 0. The highest BCUT2D eigenvalue weighted by Crippen LogP contribution is 2.31. The van der Waals surface area contributed by atoms with Gasteiger partial charge in [-0.15, -0.1) is 0 Å². The van der Waals surface area contributed by atoms with Crippen LogP contribution in [0.5, 0.6) is 0 Å². The minimum Gasteiger partial charge on any atom is -0.396 e. The van der Waals surface area contributed by atoms with E-state index in [1.165, 1.54) is 5.57 Å². The van der Waals surface area contributed by atoms with Crippen LogP contribution in [0.1, 0.15) is 79.2 Å². The minimum atomic E-state index is -1.02. The molecule has 1 aromatic heterocycles. The molecule has 5 atom stereocenters. The minimum absolute atomic E-state index is 0.0614. The number of carbonyl (C=O) groups is 1. The highest BCUT2D eigenvalue weighted by Gasteiger charge is 2.40. The second kappa shape index (κ2) is 14.5. The van der Waals surface area contributed by atoms with E-state index in [2.05, 4.69) is 11.1 Å². The molecule has 0 bridgehead atoms. The lowest BCUT2D eigenvalue weighted by atomic mass is 9.73. The van der Waals surface area contributed by atoms with Crippen molar-refractivity contribution in [1.82, 2.24) is 4.98 Å². The van der Waals surface area contributed by atoms with Gasteiger partial charge in [0, 0.05) is 30.3 Å². The van der Waals surface area contributed by atoms with E-state index in [0.29, 0.717) is 6.42 Å². The summed E-state index contributed by atoms with van der Waals surface area (Å²) in [5, 5.41) is 40.5. The van der Waals surface area contributed by atoms with Gasteiger partial charge < -0.3 is 20.4 Å². The Morgan fingerprint density at radius 2 is 1.71 bits per heavy atom. The summed E-state index contributed by atoms with van der Waals surface area (Å²) in [4.78, 5) is 16.9. The van der Waals surface area contributed by atoms with Crippen LogP contribution in [-0.2, 0) is 4.79 Å². The van der Waals surface area contributed by atoms with Crippen molar-refractivity contribution in [2.24, 2.45) is 17.3 Å². The van der Waals surface area contributed by atoms with Gasteiger partial charge in [-0.2, -0.15) is 0 Å². The van der Waals surface area contributed by atoms with Gasteiger partial charge in [-0.1, -0.05) is 45.4 Å². The van der Waals surface area contributed by atoms with E-state index in [1.54, 1.807) is 33.2 Å². The lowest BCUT2D eigenvalue weighted by Crippen LogP contribution is -2.45. The van der Waals surface area contributed by atoms with E-state index in [-0.39, 0.29) is 24.7 Å². The fourth-order valence-electron chi connectivity index (χ4n) is 4.18. The van der Waals surface area contributed by atoms with Gasteiger partial charge in [-0.05, 0) is 75.1 Å². The quantitative estimate of drug-likeness (QED) is 0.281. The summed E-state index contributed by atoms with van der Waals surface area (Å²) in [6.45, 7) is 10.8. The number of nitrogens with zero attached hydrogens (tertiary/aromatic N) is 1. The highest BCUT2D eigenvalue weighted by atomic mass is 16.3. The first-order chi connectivity index (χ1) is 15.9. The second-order valence-electron chi connectivity index (χ2n) is 10.2. The first-order valence-corrected chi connectivity index (χ1v) is 12.3. The zero-order valence-electron chi connectivity index (χ0n) is 21.7. The predicted molar refractivity (Wildman–Crippen MR) is 137 cm³/mol. The van der Waals surface area contributed by atoms with Gasteiger partial charge in [0.2, 0.25) is 0 Å². The molecule has 6 heteroatoms. The van der Waals surface area contributed by atoms with Gasteiger partial charge in [0.25, 0.3) is 0 Å². The van der Waals surface area contributed by atoms with Crippen LogP contribution in [-0.4, -0.2) is 56.1 Å². The molecule has 1 heterocycles. The van der Waals surface area contributed by atoms with Gasteiger partial charge in [0.1, 0.15) is 5.78 Å². The zero-order valence-corrected chi connectivity index (χ0v) is 21.7. The largest absolute Gasteiger partial charge is 0.396 e. The number of aliphatic hydroxyl groups excluding tert-OH is 4. The van der Waals surface area contributed by atoms with Crippen molar-refractivity contribution in [2.45, 2.75) is 92.0 Å². The number of pyridine rings is 1. The van der Waals surface area contributed by atoms with Crippen molar-refractivity contribution in [3.63, 3.8) is 0 Å². The lowest BCUT2D eigenvalue weighted by Gasteiger charge is -2.34. The van der Waals surface area contributed by atoms with E-state index in [9.17, 15) is 20.1 Å². The van der Waals surface area contributed by atoms with Crippen molar-refractivity contribution < 1.29 is 25.2 Å². The monoisotopic (exact) mass is 475 g/mol. The van der Waals surface area contributed by atoms with Crippen molar-refractivity contribution in [3.05, 3.63) is 47.3 Å². The van der Waals surface area contributed by atoms with Crippen LogP contribution in [0.25, 0.3) is 6.08 Å². The maximum atomic E-state index is 12.9. The SMILES string of the molecule is CC(=CC[C@H](O)C(C)=Cc1ccncc1)CCC[C@H](C)[C@H](O)[C@@H](C)C(=O)C(C)(C)[C@@H](O)CCO. The molecule has 0 aliphatic heterocycles. The summed E-state index contributed by atoms with van der Waals surface area (Å²) >= 11 is 0. The number of aromatic nitrogens is 1. The molecule has 0 aliphatic carbocycles. The smallest absolute Gasteiger partial charge is 0.146 e. The predicted octanol–water partition coefficient (Wildman–Crippen LogP) is 4.32. The lowest BCUT2D eigenvalue weighted by molar-refractivity contribution is -0.142. The topological polar surface area (TPSA) is 111 Å². The summed E-state index contributed by atoms with van der Waals surface area (Å²) in [7, 11) is 0. The van der Waals surface area contributed by atoms with Gasteiger partial charge in [0.15, 0.2) is 0 Å². The number of hydrogen-bond donors (Lipinski definition) is 4. The van der Waals surface area contributed by atoms with Gasteiger partial charge in [0.05, 0.1) is 18.3 Å². The van der Waals surface area contributed by atoms with Crippen LogP contribution < -0.4 is 0 Å². The fraction of sp³-hybridized carbons (Fsp3) is 0.643. The molecule has 0 aliphatic rings. The summed E-state index contributed by atoms with van der Waals surface area (Å²) in [5.74, 6) is -0.845. The van der Waals surface area contributed by atoms with Gasteiger partial charge in [-0.3, -0.25) is 9.78 Å². The van der Waals surface area contributed by atoms with Gasteiger partial charge in [-0.25, -0.2) is 0 Å². The number of carbonyl (C=O) groups excluding carboxylic acids is 1. The van der Waals surface area contributed by atoms with Crippen LogP contribution >= 0.6 is 0 Å². The van der Waals surface area contributed by atoms with Crippen LogP contribution in [0, 0.1) is 17.3 Å². The summed E-state index contributed by atoms with van der Waals surface area (Å²) in [6.07, 6.45) is 8.40. The van der Waals surface area contributed by atoms with E-state index in [1.807, 2.05) is 39.0 Å². The van der Waals surface area contributed by atoms with Crippen molar-refractivity contribution in [1.29, 1.82) is 0 Å². The Bertz CT molecular complexity index is 802. The molecule has 0 fully saturated rings. The van der Waals surface area contributed by atoms with Crippen molar-refractivity contribution in [3.8, 4) is 0 Å². The van der Waals surface area contributed by atoms with Gasteiger partial charge >= 0.3 is 0 Å². The Kier molecular flexibility index (Phi) is 12.9. The normalized spacial score (nSPS) is 17.7. The first kappa shape index (κ1) is 30.2. The average Bonchev–Trinajstić information content (AvgIpc) is 2.81. The molecule has 192 valence electrons. The molecule has 0 saturated heterocycles. The number of hydrogen-bond acceptors (Lipinski definition) is 6. The Balaban J connectivity index is 2.52. The average molecular weight is 476 g/mol. The number of Topliss-reactive ketones (excluding diaryl/α,β-unsaturated/α-hetero) is 1. The van der Waals surface area contributed by atoms with E-state index in [0.717, 1.165) is 30.4 Å². The maximum absolute atomic E-state index is 12.9. The zero-order chi connectivity index (χ0) is 25.9. The Hall–Kier alpha value is -1.86. The molecule has 0 unspecified atom stereocenters. The third-order valence-electron chi connectivity index (χ3n) is 6.93. The number of aliphatic hydroxyl groups is 4. The van der Waals surface area contributed by atoms with Crippen LogP contribution in [0.4, 0.5) is 0 Å². The molecule has 6 nitrogen and oxygen atoms in total. The Labute approximate surface area is 205 Å². The van der Waals surface area contributed by atoms with Crippen molar-refractivity contribution >= 4 is 11.9 Å². The molecule has 0 aromatic carbocycles. The fourth-order valence-corrected chi connectivity index (χ4v) is 4.18. The third kappa shape index (κ3) is 9.41. The molecule has 1 rings (SSSR count). The number of rotatable bonds is 15. The van der Waals surface area contributed by atoms with Crippen LogP contribution in [0.3, 0.4) is 0 Å². The molecule has 34 heavy (non-hydrogen) atoms. The van der Waals surface area contributed by atoms with E-state index < -0.39 is 29.6 Å². The van der Waals surface area contributed by atoms with E-state index in [4.69, 9.17) is 5.11 Å².